The van der Waals surface area contributed by atoms with Gasteiger partial charge in [-0.25, -0.2) is 9.78 Å². The molecule has 1 fully saturated rings. The van der Waals surface area contributed by atoms with Crippen LogP contribution in [0.15, 0.2) is 55.1 Å². The molecule has 1 aromatic heterocycles. The normalized spacial score (nSPS) is 16.0. The van der Waals surface area contributed by atoms with Gasteiger partial charge in [0.2, 0.25) is 11.9 Å². The number of piperidine rings is 1. The molecule has 1 atom stereocenters. The molecule has 1 N–H and O–H groups in total. The first-order chi connectivity index (χ1) is 17.1. The van der Waals surface area contributed by atoms with Crippen LogP contribution in [0.3, 0.4) is 0 Å². The van der Waals surface area contributed by atoms with Gasteiger partial charge in [-0.3, -0.25) is 14.9 Å². The molecule has 0 saturated carbocycles. The summed E-state index contributed by atoms with van der Waals surface area (Å²) < 4.78 is 45.9. The van der Waals surface area contributed by atoms with E-state index in [0.717, 1.165) is 18.2 Å². The number of benzene rings is 2. The zero-order valence-electron chi connectivity index (χ0n) is 19.3. The van der Waals surface area contributed by atoms with Crippen LogP contribution in [0.1, 0.15) is 45.2 Å². The smallest absolute Gasteiger partial charge is 0.416 e. The van der Waals surface area contributed by atoms with Gasteiger partial charge in [0.25, 0.3) is 5.91 Å². The maximum Gasteiger partial charge on any atom is 0.416 e. The van der Waals surface area contributed by atoms with Gasteiger partial charge >= 0.3 is 12.1 Å². The van der Waals surface area contributed by atoms with Gasteiger partial charge in [-0.15, -0.1) is 0 Å². The third-order valence-electron chi connectivity index (χ3n) is 6.04. The summed E-state index contributed by atoms with van der Waals surface area (Å²) in [7, 11) is 1.25. The monoisotopic (exact) mass is 500 g/mol. The summed E-state index contributed by atoms with van der Waals surface area (Å²) in [6.07, 6.45) is -2.02. The number of ether oxygens (including phenoxy) is 1. The number of methoxy groups -OCH3 is 1. The second-order valence-electron chi connectivity index (χ2n) is 8.32. The lowest BCUT2D eigenvalue weighted by Crippen LogP contribution is -2.40. The minimum atomic E-state index is -4.60. The Balaban J connectivity index is 1.75. The lowest BCUT2D eigenvalue weighted by Gasteiger charge is -2.33. The number of aromatic nitrogens is 2. The van der Waals surface area contributed by atoms with Crippen LogP contribution in [-0.4, -0.2) is 52.4 Å². The lowest BCUT2D eigenvalue weighted by molar-refractivity contribution is -0.137. The Morgan fingerprint density at radius 3 is 2.64 bits per heavy atom. The van der Waals surface area contributed by atoms with Crippen molar-refractivity contribution in [1.82, 2.24) is 14.5 Å². The first-order valence-electron chi connectivity index (χ1n) is 11.1. The zero-order chi connectivity index (χ0) is 26.0. The zero-order valence-corrected chi connectivity index (χ0v) is 19.3. The third kappa shape index (κ3) is 4.95. The highest BCUT2D eigenvalue weighted by atomic mass is 19.4. The number of amides is 2. The fourth-order valence-corrected chi connectivity index (χ4v) is 4.31. The molecule has 1 aliphatic rings. The molecule has 2 amide bonds. The molecule has 0 radical (unpaired) electrons. The van der Waals surface area contributed by atoms with E-state index in [9.17, 15) is 27.6 Å². The molecule has 1 saturated heterocycles. The van der Waals surface area contributed by atoms with Crippen LogP contribution in [0.4, 0.5) is 19.1 Å². The average Bonchev–Trinajstić information content (AvgIpc) is 3.24. The second kappa shape index (κ2) is 9.84. The Morgan fingerprint density at radius 1 is 1.17 bits per heavy atom. The molecule has 2 heterocycles. The molecular formula is C25H23F3N4O4. The predicted molar refractivity (Wildman–Crippen MR) is 126 cm³/mol. The van der Waals surface area contributed by atoms with E-state index >= 15 is 0 Å². The highest BCUT2D eigenvalue weighted by molar-refractivity contribution is 6.04. The fourth-order valence-electron chi connectivity index (χ4n) is 4.31. The van der Waals surface area contributed by atoms with Gasteiger partial charge in [-0.1, -0.05) is 12.6 Å². The van der Waals surface area contributed by atoms with Gasteiger partial charge in [0, 0.05) is 18.7 Å². The van der Waals surface area contributed by atoms with Crippen molar-refractivity contribution in [2.24, 2.45) is 0 Å². The highest BCUT2D eigenvalue weighted by Crippen LogP contribution is 2.32. The Bertz CT molecular complexity index is 1350. The van der Waals surface area contributed by atoms with E-state index in [0.29, 0.717) is 37.0 Å². The molecule has 11 heteroatoms. The van der Waals surface area contributed by atoms with Gasteiger partial charge in [0.05, 0.1) is 35.3 Å². The van der Waals surface area contributed by atoms with Crippen molar-refractivity contribution in [2.75, 3.05) is 25.5 Å². The number of fused-ring (bicyclic) bond motifs is 1. The van der Waals surface area contributed by atoms with E-state index < -0.39 is 23.6 Å². The van der Waals surface area contributed by atoms with E-state index in [1.54, 1.807) is 21.6 Å². The SMILES string of the molecule is C=CC(=O)N1CCCC(n2c(NC(=O)c3cccc(C(F)(F)F)c3)nc3cc(C(=O)OC)ccc32)C1. The summed E-state index contributed by atoms with van der Waals surface area (Å²) in [6, 6.07) is 8.52. The fraction of sp³-hybridized carbons (Fsp3) is 0.280. The molecule has 0 bridgehead atoms. The highest BCUT2D eigenvalue weighted by Gasteiger charge is 2.32. The molecule has 1 unspecified atom stereocenters. The van der Waals surface area contributed by atoms with Crippen LogP contribution in [-0.2, 0) is 15.7 Å². The van der Waals surface area contributed by atoms with E-state index in [2.05, 4.69) is 16.9 Å². The number of esters is 1. The summed E-state index contributed by atoms with van der Waals surface area (Å²) in [5, 5.41) is 2.62. The summed E-state index contributed by atoms with van der Waals surface area (Å²) in [5.74, 6) is -1.49. The van der Waals surface area contributed by atoms with Crippen LogP contribution in [0.2, 0.25) is 0 Å². The maximum atomic E-state index is 13.1. The lowest BCUT2D eigenvalue weighted by atomic mass is 10.0. The van der Waals surface area contributed by atoms with Crippen molar-refractivity contribution in [2.45, 2.75) is 25.1 Å². The Kier molecular flexibility index (Phi) is 6.82. The van der Waals surface area contributed by atoms with Crippen molar-refractivity contribution >= 4 is 34.8 Å². The Morgan fingerprint density at radius 2 is 1.94 bits per heavy atom. The molecular weight excluding hydrogens is 477 g/mol. The third-order valence-corrected chi connectivity index (χ3v) is 6.04. The molecule has 0 aliphatic carbocycles. The van der Waals surface area contributed by atoms with Crippen LogP contribution in [0, 0.1) is 0 Å². The van der Waals surface area contributed by atoms with Crippen LogP contribution in [0.25, 0.3) is 11.0 Å². The number of hydrogen-bond donors (Lipinski definition) is 1. The summed E-state index contributed by atoms with van der Waals surface area (Å²) in [6.45, 7) is 4.40. The molecule has 8 nitrogen and oxygen atoms in total. The molecule has 3 aromatic rings. The van der Waals surface area contributed by atoms with Gasteiger partial charge < -0.3 is 14.2 Å². The molecule has 0 spiro atoms. The molecule has 1 aliphatic heterocycles. The number of likely N-dealkylation sites (tertiary alicyclic amines) is 1. The molecule has 4 rings (SSSR count). The van der Waals surface area contributed by atoms with E-state index in [4.69, 9.17) is 4.74 Å². The minimum absolute atomic E-state index is 0.0901. The first kappa shape index (κ1) is 25.0. The number of nitrogens with one attached hydrogen (secondary N) is 1. The van der Waals surface area contributed by atoms with Crippen LogP contribution < -0.4 is 5.32 Å². The van der Waals surface area contributed by atoms with E-state index in [1.165, 1.54) is 25.3 Å². The van der Waals surface area contributed by atoms with Gasteiger partial charge in [0.1, 0.15) is 0 Å². The number of carbonyl (C=O) groups is 3. The number of anilines is 1. The number of halogens is 3. The van der Waals surface area contributed by atoms with Crippen molar-refractivity contribution in [3.63, 3.8) is 0 Å². The van der Waals surface area contributed by atoms with Crippen LogP contribution >= 0.6 is 0 Å². The minimum Gasteiger partial charge on any atom is -0.465 e. The van der Waals surface area contributed by atoms with Crippen molar-refractivity contribution < 1.29 is 32.3 Å². The standard InChI is InChI=1S/C25H23F3N4O4/c1-3-21(33)31-11-5-8-18(14-31)32-20-10-9-16(23(35)36-2)13-19(20)29-24(32)30-22(34)15-6-4-7-17(12-15)25(26,27)28/h3-4,6-7,9-10,12-13,18H,1,5,8,11,14H2,2H3,(H,29,30,34). The second-order valence-corrected chi connectivity index (χ2v) is 8.32. The predicted octanol–water partition coefficient (Wildman–Crippen LogP) is 4.44. The summed E-state index contributed by atoms with van der Waals surface area (Å²) in [4.78, 5) is 43.3. The molecule has 2 aromatic carbocycles. The molecule has 188 valence electrons. The van der Waals surface area contributed by atoms with E-state index in [-0.39, 0.29) is 29.0 Å². The van der Waals surface area contributed by atoms with Crippen molar-refractivity contribution in [3.8, 4) is 0 Å². The number of alkyl halides is 3. The van der Waals surface area contributed by atoms with E-state index in [1.807, 2.05) is 0 Å². The summed E-state index contributed by atoms with van der Waals surface area (Å²) in [5.41, 5.74) is 0.0739. The number of nitrogens with zero attached hydrogens (tertiary/aromatic N) is 3. The number of imidazole rings is 1. The maximum absolute atomic E-state index is 13.1. The number of carbonyl (C=O) groups excluding carboxylic acids is 3. The van der Waals surface area contributed by atoms with Crippen molar-refractivity contribution in [3.05, 3.63) is 71.8 Å². The Labute approximate surface area is 204 Å². The van der Waals surface area contributed by atoms with Crippen LogP contribution in [0.5, 0.6) is 0 Å². The van der Waals surface area contributed by atoms with Crippen molar-refractivity contribution in [1.29, 1.82) is 0 Å². The quantitative estimate of drug-likeness (QED) is 0.413. The topological polar surface area (TPSA) is 93.5 Å². The van der Waals surface area contributed by atoms with Gasteiger partial charge in [0.15, 0.2) is 0 Å². The largest absolute Gasteiger partial charge is 0.465 e. The molecule has 36 heavy (non-hydrogen) atoms. The number of rotatable bonds is 5. The Hall–Kier alpha value is -4.15. The average molecular weight is 500 g/mol. The van der Waals surface area contributed by atoms with Gasteiger partial charge in [-0.2, -0.15) is 13.2 Å². The van der Waals surface area contributed by atoms with Gasteiger partial charge in [-0.05, 0) is 55.3 Å². The summed E-state index contributed by atoms with van der Waals surface area (Å²) >= 11 is 0. The number of hydrogen-bond acceptors (Lipinski definition) is 5. The first-order valence-corrected chi connectivity index (χ1v) is 11.1.